The summed E-state index contributed by atoms with van der Waals surface area (Å²) in [5, 5.41) is 10.2. The molecule has 0 aliphatic carbocycles. The average molecular weight is 311 g/mol. The van der Waals surface area contributed by atoms with Crippen molar-refractivity contribution in [3.63, 3.8) is 0 Å². The molecule has 4 nitrogen and oxygen atoms in total. The van der Waals surface area contributed by atoms with Gasteiger partial charge in [0.1, 0.15) is 0 Å². The number of benzene rings is 1. The number of hydrogen-bond donors (Lipinski definition) is 0. The summed E-state index contributed by atoms with van der Waals surface area (Å²) in [6.07, 6.45) is 1.89. The van der Waals surface area contributed by atoms with Crippen LogP contribution in [0.4, 0.5) is 0 Å². The molecule has 0 amide bonds. The van der Waals surface area contributed by atoms with Crippen LogP contribution < -0.4 is 10.1 Å². The van der Waals surface area contributed by atoms with E-state index in [0.717, 1.165) is 10.4 Å². The smallest absolute Gasteiger partial charge is 0.267 e. The minimum absolute atomic E-state index is 0.0627. The highest BCUT2D eigenvalue weighted by atomic mass is 32.1. The first-order valence-corrected chi connectivity index (χ1v) is 8.01. The summed E-state index contributed by atoms with van der Waals surface area (Å²) in [5.74, 6) is 0.619. The minimum atomic E-state index is -0.0627. The summed E-state index contributed by atoms with van der Waals surface area (Å²) >= 11 is 2.91. The second kappa shape index (κ2) is 4.91. The summed E-state index contributed by atoms with van der Waals surface area (Å²) in [4.78, 5) is 14.2. The maximum Gasteiger partial charge on any atom is 0.276 e. The normalized spacial score (nSPS) is 12.3. The van der Waals surface area contributed by atoms with Gasteiger partial charge in [0.15, 0.2) is 5.82 Å². The molecule has 0 atom stereocenters. The van der Waals surface area contributed by atoms with Gasteiger partial charge in [-0.05, 0) is 23.1 Å². The number of thiazole rings is 1. The van der Waals surface area contributed by atoms with Crippen LogP contribution in [0.25, 0.3) is 21.7 Å². The molecule has 21 heavy (non-hydrogen) atoms. The Morgan fingerprint density at radius 2 is 1.90 bits per heavy atom. The van der Waals surface area contributed by atoms with Gasteiger partial charge in [0.05, 0.1) is 9.41 Å². The molecule has 0 radical (unpaired) electrons. The molecule has 0 spiro atoms. The van der Waals surface area contributed by atoms with Crippen LogP contribution >= 0.6 is 22.7 Å². The topological polar surface area (TPSA) is 47.3 Å². The van der Waals surface area contributed by atoms with E-state index in [-0.39, 0.29) is 5.56 Å². The molecule has 4 rings (SSSR count). The van der Waals surface area contributed by atoms with Crippen LogP contribution in [0.5, 0.6) is 0 Å². The third kappa shape index (κ3) is 2.09. The number of thiophene rings is 1. The molecule has 4 aromatic rings. The van der Waals surface area contributed by atoms with E-state index in [4.69, 9.17) is 0 Å². The zero-order chi connectivity index (χ0) is 14.2. The number of rotatable bonds is 2. The van der Waals surface area contributed by atoms with Crippen LogP contribution in [0.3, 0.4) is 0 Å². The third-order valence-corrected chi connectivity index (χ3v) is 4.91. The van der Waals surface area contributed by atoms with Crippen molar-refractivity contribution in [3.05, 3.63) is 68.3 Å². The van der Waals surface area contributed by atoms with Crippen molar-refractivity contribution in [2.45, 2.75) is 0 Å². The van der Waals surface area contributed by atoms with Crippen molar-refractivity contribution in [2.24, 2.45) is 0 Å². The highest BCUT2D eigenvalue weighted by Crippen LogP contribution is 2.22. The summed E-state index contributed by atoms with van der Waals surface area (Å²) < 4.78 is 2.26. The van der Waals surface area contributed by atoms with Gasteiger partial charge < -0.3 is 0 Å². The zero-order valence-corrected chi connectivity index (χ0v) is 12.4. The van der Waals surface area contributed by atoms with Crippen LogP contribution in [0.15, 0.2) is 52.6 Å². The van der Waals surface area contributed by atoms with Gasteiger partial charge in [-0.25, -0.2) is 4.40 Å². The van der Waals surface area contributed by atoms with E-state index in [1.54, 1.807) is 15.7 Å². The molecule has 0 unspecified atom stereocenters. The first-order valence-electron chi connectivity index (χ1n) is 6.31. The average Bonchev–Trinajstić information content (AvgIpc) is 3.20. The third-order valence-electron chi connectivity index (χ3n) is 3.09. The lowest BCUT2D eigenvalue weighted by molar-refractivity contribution is 1.10. The molecule has 0 saturated heterocycles. The van der Waals surface area contributed by atoms with Crippen molar-refractivity contribution >= 4 is 33.7 Å². The van der Waals surface area contributed by atoms with Gasteiger partial charge in [0, 0.05) is 0 Å². The molecule has 0 aliphatic rings. The Morgan fingerprint density at radius 3 is 2.67 bits per heavy atom. The predicted molar refractivity (Wildman–Crippen MR) is 85.7 cm³/mol. The zero-order valence-electron chi connectivity index (χ0n) is 10.8. The van der Waals surface area contributed by atoms with Gasteiger partial charge in [0.2, 0.25) is 4.96 Å². The van der Waals surface area contributed by atoms with Crippen molar-refractivity contribution in [1.82, 2.24) is 14.6 Å². The Balaban J connectivity index is 1.96. The highest BCUT2D eigenvalue weighted by molar-refractivity contribution is 7.15. The fourth-order valence-corrected chi connectivity index (χ4v) is 3.74. The molecule has 1 aromatic carbocycles. The molecule has 6 heteroatoms. The summed E-state index contributed by atoms with van der Waals surface area (Å²) in [5.41, 5.74) is 0.942. The number of nitrogens with zero attached hydrogens (tertiary/aromatic N) is 3. The SMILES string of the molecule is O=c1/c(=C\c2ccccc2)sc2nnc(-c3cccs3)n12. The first-order chi connectivity index (χ1) is 10.3. The van der Waals surface area contributed by atoms with Gasteiger partial charge in [-0.3, -0.25) is 4.79 Å². The Morgan fingerprint density at radius 1 is 1.05 bits per heavy atom. The van der Waals surface area contributed by atoms with Crippen LogP contribution in [-0.2, 0) is 0 Å². The van der Waals surface area contributed by atoms with Crippen LogP contribution in [0.1, 0.15) is 5.56 Å². The molecular weight excluding hydrogens is 302 g/mol. The lowest BCUT2D eigenvalue weighted by Crippen LogP contribution is -2.23. The Bertz CT molecular complexity index is 1000. The van der Waals surface area contributed by atoms with Crippen LogP contribution in [-0.4, -0.2) is 14.6 Å². The molecule has 102 valence electrons. The van der Waals surface area contributed by atoms with Crippen molar-refractivity contribution < 1.29 is 0 Å². The van der Waals surface area contributed by atoms with E-state index in [2.05, 4.69) is 10.2 Å². The van der Waals surface area contributed by atoms with E-state index in [1.165, 1.54) is 11.3 Å². The maximum atomic E-state index is 12.6. The molecule has 0 aliphatic heterocycles. The second-order valence-corrected chi connectivity index (χ2v) is 6.40. The fourth-order valence-electron chi connectivity index (χ4n) is 2.13. The summed E-state index contributed by atoms with van der Waals surface area (Å²) in [7, 11) is 0. The highest BCUT2D eigenvalue weighted by Gasteiger charge is 2.14. The number of fused-ring (bicyclic) bond motifs is 1. The largest absolute Gasteiger partial charge is 0.276 e. The molecule has 0 saturated carbocycles. The molecule has 3 aromatic heterocycles. The number of aromatic nitrogens is 3. The Kier molecular flexibility index (Phi) is 2.90. The van der Waals surface area contributed by atoms with Gasteiger partial charge >= 0.3 is 0 Å². The van der Waals surface area contributed by atoms with E-state index >= 15 is 0 Å². The molecular formula is C15H9N3OS2. The maximum absolute atomic E-state index is 12.6. The fraction of sp³-hybridized carbons (Fsp3) is 0. The lowest BCUT2D eigenvalue weighted by atomic mass is 10.2. The standard InChI is InChI=1S/C15H9N3OS2/c19-14-12(9-10-5-2-1-3-6-10)21-15-17-16-13(18(14)15)11-7-4-8-20-11/h1-9H/b12-9+. The van der Waals surface area contributed by atoms with Gasteiger partial charge in [-0.15, -0.1) is 21.5 Å². The monoisotopic (exact) mass is 311 g/mol. The molecule has 3 heterocycles. The molecule has 0 bridgehead atoms. The van der Waals surface area contributed by atoms with Gasteiger partial charge in [0.25, 0.3) is 5.56 Å². The van der Waals surface area contributed by atoms with E-state index < -0.39 is 0 Å². The quantitative estimate of drug-likeness (QED) is 0.571. The van der Waals surface area contributed by atoms with Crippen LogP contribution in [0.2, 0.25) is 0 Å². The van der Waals surface area contributed by atoms with Crippen molar-refractivity contribution in [1.29, 1.82) is 0 Å². The summed E-state index contributed by atoms with van der Waals surface area (Å²) in [6.45, 7) is 0. The van der Waals surface area contributed by atoms with E-state index in [0.29, 0.717) is 15.3 Å². The second-order valence-electron chi connectivity index (χ2n) is 4.45. The number of hydrogen-bond acceptors (Lipinski definition) is 5. The Labute approximate surface area is 127 Å². The van der Waals surface area contributed by atoms with Gasteiger partial charge in [-0.2, -0.15) is 0 Å². The lowest BCUT2D eigenvalue weighted by Gasteiger charge is -1.90. The van der Waals surface area contributed by atoms with Gasteiger partial charge in [-0.1, -0.05) is 47.7 Å². The van der Waals surface area contributed by atoms with Crippen molar-refractivity contribution in [2.75, 3.05) is 0 Å². The van der Waals surface area contributed by atoms with E-state index in [9.17, 15) is 4.79 Å². The first kappa shape index (κ1) is 12.4. The molecule has 0 N–H and O–H groups in total. The molecule has 0 fully saturated rings. The minimum Gasteiger partial charge on any atom is -0.267 e. The van der Waals surface area contributed by atoms with E-state index in [1.807, 2.05) is 53.9 Å². The Hall–Kier alpha value is -2.31. The van der Waals surface area contributed by atoms with Crippen LogP contribution in [0, 0.1) is 0 Å². The predicted octanol–water partition coefficient (Wildman–Crippen LogP) is 2.43. The summed E-state index contributed by atoms with van der Waals surface area (Å²) in [6, 6.07) is 13.7. The van der Waals surface area contributed by atoms with Crippen molar-refractivity contribution in [3.8, 4) is 10.7 Å².